The maximum Gasteiger partial charge on any atom is 0.248 e. The predicted molar refractivity (Wildman–Crippen MR) is 136 cm³/mol. The van der Waals surface area contributed by atoms with E-state index in [2.05, 4.69) is 6.07 Å². The monoisotopic (exact) mass is 514 g/mol. The van der Waals surface area contributed by atoms with E-state index in [1.807, 2.05) is 26.0 Å². The lowest BCUT2D eigenvalue weighted by Gasteiger charge is -2.28. The molecule has 0 saturated carbocycles. The van der Waals surface area contributed by atoms with Crippen LogP contribution >= 0.6 is 0 Å². The predicted octanol–water partition coefficient (Wildman–Crippen LogP) is 5.29. The van der Waals surface area contributed by atoms with Gasteiger partial charge in [-0.1, -0.05) is 12.1 Å². The molecule has 0 spiro atoms. The molecule has 2 unspecified atom stereocenters. The normalized spacial score (nSPS) is 14.8. The Labute approximate surface area is 217 Å². The lowest BCUT2D eigenvalue weighted by atomic mass is 9.78. The topological polar surface area (TPSA) is 122 Å². The van der Waals surface area contributed by atoms with E-state index in [1.54, 1.807) is 25.1 Å². The van der Waals surface area contributed by atoms with Gasteiger partial charge in [0.1, 0.15) is 0 Å². The van der Waals surface area contributed by atoms with Crippen molar-refractivity contribution in [2.45, 2.75) is 64.2 Å². The van der Waals surface area contributed by atoms with Crippen molar-refractivity contribution in [2.75, 3.05) is 27.4 Å². The van der Waals surface area contributed by atoms with Crippen molar-refractivity contribution in [1.29, 1.82) is 5.26 Å². The van der Waals surface area contributed by atoms with Crippen LogP contribution in [0.1, 0.15) is 52.0 Å². The maximum absolute atomic E-state index is 11.8. The highest BCUT2D eigenvalue weighted by Crippen LogP contribution is 2.51. The highest BCUT2D eigenvalue weighted by atomic mass is 16.7. The van der Waals surface area contributed by atoms with E-state index in [9.17, 15) is 15.4 Å². The summed E-state index contributed by atoms with van der Waals surface area (Å²) in [5.74, 6) is 2.70. The van der Waals surface area contributed by atoms with Crippen molar-refractivity contribution in [3.05, 3.63) is 46.0 Å². The Morgan fingerprint density at radius 2 is 1.70 bits per heavy atom. The van der Waals surface area contributed by atoms with E-state index < -0.39 is 17.7 Å². The minimum Gasteiger partial charge on any atom is -0.490 e. The van der Waals surface area contributed by atoms with Crippen LogP contribution in [-0.4, -0.2) is 44.7 Å². The van der Waals surface area contributed by atoms with Gasteiger partial charge in [-0.25, -0.2) is 0 Å². The van der Waals surface area contributed by atoms with Crippen molar-refractivity contribution in [3.8, 4) is 40.6 Å². The number of nitro groups is 1. The molecule has 0 amide bonds. The summed E-state index contributed by atoms with van der Waals surface area (Å²) in [5.41, 5.74) is -0.457. The van der Waals surface area contributed by atoms with Gasteiger partial charge in [-0.2, -0.15) is 5.26 Å². The average Bonchev–Trinajstić information content (AvgIpc) is 3.31. The third-order valence-corrected chi connectivity index (χ3v) is 6.34. The zero-order valence-electron chi connectivity index (χ0n) is 21.9. The fourth-order valence-corrected chi connectivity index (χ4v) is 4.46. The van der Waals surface area contributed by atoms with Crippen LogP contribution in [0, 0.1) is 21.4 Å². The molecule has 0 aliphatic carbocycles. The lowest BCUT2D eigenvalue weighted by molar-refractivity contribution is -0.527. The minimum absolute atomic E-state index is 0.0972. The summed E-state index contributed by atoms with van der Waals surface area (Å²) in [4.78, 5) is 11.5. The van der Waals surface area contributed by atoms with Crippen LogP contribution in [0.2, 0.25) is 0 Å². The van der Waals surface area contributed by atoms with Gasteiger partial charge in [0.05, 0.1) is 45.3 Å². The van der Waals surface area contributed by atoms with Gasteiger partial charge in [0, 0.05) is 16.9 Å². The molecule has 1 aliphatic heterocycles. The second kappa shape index (κ2) is 12.4. The summed E-state index contributed by atoms with van der Waals surface area (Å²) in [6.45, 7) is 6.20. The standard InChI is InChI=1S/C27H34N2O8/c1-6-34-22-16-19(24(35-7-2)26(33-5)25(22)32-4)27(3,17-28)14-10-11-18(29(30)31)15-23-36-20-12-8-9-13-21(20)37-23/h8-9,12-13,16,18,23H,6-7,10-11,14-15H2,1-5H3. The molecule has 2 atom stereocenters. The maximum atomic E-state index is 11.8. The number of benzene rings is 2. The molecule has 37 heavy (non-hydrogen) atoms. The number of hydrogen-bond donors (Lipinski definition) is 0. The molecule has 0 saturated heterocycles. The van der Waals surface area contributed by atoms with Crippen LogP contribution in [0.5, 0.6) is 34.5 Å². The molecule has 3 rings (SSSR count). The first kappa shape index (κ1) is 27.7. The van der Waals surface area contributed by atoms with Gasteiger partial charge < -0.3 is 28.4 Å². The summed E-state index contributed by atoms with van der Waals surface area (Å²) >= 11 is 0. The van der Waals surface area contributed by atoms with Gasteiger partial charge in [0.15, 0.2) is 23.0 Å². The third kappa shape index (κ3) is 6.10. The Kier molecular flexibility index (Phi) is 9.28. The number of nitriles is 1. The Balaban J connectivity index is 1.80. The van der Waals surface area contributed by atoms with E-state index in [0.717, 1.165) is 0 Å². The molecule has 200 valence electrons. The van der Waals surface area contributed by atoms with Crippen LogP contribution in [0.15, 0.2) is 30.3 Å². The second-order valence-corrected chi connectivity index (χ2v) is 8.81. The van der Waals surface area contributed by atoms with Crippen molar-refractivity contribution in [2.24, 2.45) is 0 Å². The van der Waals surface area contributed by atoms with Crippen LogP contribution in [0.25, 0.3) is 0 Å². The SMILES string of the molecule is CCOc1cc(C(C)(C#N)CCCC(CC2Oc3ccccc3O2)[N+](=O)[O-])c(OCC)c(OC)c1OC. The summed E-state index contributed by atoms with van der Waals surface area (Å²) in [7, 11) is 3.00. The van der Waals surface area contributed by atoms with Gasteiger partial charge in [-0.05, 0) is 51.8 Å². The molecule has 0 N–H and O–H groups in total. The van der Waals surface area contributed by atoms with Crippen molar-refractivity contribution in [1.82, 2.24) is 0 Å². The molecule has 0 aromatic heterocycles. The first-order chi connectivity index (χ1) is 17.8. The summed E-state index contributed by atoms with van der Waals surface area (Å²) in [6.07, 6.45) is 0.388. The van der Waals surface area contributed by atoms with Crippen LogP contribution in [0.3, 0.4) is 0 Å². The van der Waals surface area contributed by atoms with E-state index in [0.29, 0.717) is 66.1 Å². The highest BCUT2D eigenvalue weighted by molar-refractivity contribution is 5.65. The first-order valence-electron chi connectivity index (χ1n) is 12.3. The zero-order chi connectivity index (χ0) is 27.0. The van der Waals surface area contributed by atoms with Crippen molar-refractivity contribution < 1.29 is 33.3 Å². The molecule has 2 aromatic rings. The highest BCUT2D eigenvalue weighted by Gasteiger charge is 2.37. The number of hydrogen-bond acceptors (Lipinski definition) is 9. The number of nitrogens with zero attached hydrogens (tertiary/aromatic N) is 2. The second-order valence-electron chi connectivity index (χ2n) is 8.81. The van der Waals surface area contributed by atoms with Crippen LogP contribution in [-0.2, 0) is 5.41 Å². The molecule has 0 fully saturated rings. The minimum atomic E-state index is -1.03. The van der Waals surface area contributed by atoms with Crippen LogP contribution < -0.4 is 28.4 Å². The van der Waals surface area contributed by atoms with E-state index in [-0.39, 0.29) is 17.8 Å². The van der Waals surface area contributed by atoms with Crippen molar-refractivity contribution in [3.63, 3.8) is 0 Å². The van der Waals surface area contributed by atoms with Gasteiger partial charge in [0.2, 0.25) is 23.8 Å². The van der Waals surface area contributed by atoms with Gasteiger partial charge in [-0.3, -0.25) is 10.1 Å². The molecule has 10 nitrogen and oxygen atoms in total. The molecular weight excluding hydrogens is 480 g/mol. The quantitative estimate of drug-likeness (QED) is 0.244. The third-order valence-electron chi connectivity index (χ3n) is 6.34. The summed E-state index contributed by atoms with van der Waals surface area (Å²) in [5, 5.41) is 22.1. The smallest absolute Gasteiger partial charge is 0.248 e. The van der Waals surface area contributed by atoms with Crippen molar-refractivity contribution >= 4 is 0 Å². The summed E-state index contributed by atoms with van der Waals surface area (Å²) < 4.78 is 34.2. The van der Waals surface area contributed by atoms with E-state index in [4.69, 9.17) is 28.4 Å². The molecule has 1 aliphatic rings. The molecule has 1 heterocycles. The molecule has 0 radical (unpaired) electrons. The number of ether oxygens (including phenoxy) is 6. The summed E-state index contributed by atoms with van der Waals surface area (Å²) in [6, 6.07) is 10.4. The molecule has 10 heteroatoms. The number of para-hydroxylation sites is 2. The average molecular weight is 515 g/mol. The Morgan fingerprint density at radius 3 is 2.22 bits per heavy atom. The molecule has 0 bridgehead atoms. The van der Waals surface area contributed by atoms with Gasteiger partial charge in [0.25, 0.3) is 0 Å². The Bertz CT molecular complexity index is 1110. The number of rotatable bonds is 14. The molecule has 2 aromatic carbocycles. The van der Waals surface area contributed by atoms with Gasteiger partial charge >= 0.3 is 0 Å². The largest absolute Gasteiger partial charge is 0.490 e. The first-order valence-corrected chi connectivity index (χ1v) is 12.3. The fraction of sp³-hybridized carbons (Fsp3) is 0.519. The zero-order valence-corrected chi connectivity index (χ0v) is 21.9. The van der Waals surface area contributed by atoms with Crippen LogP contribution in [0.4, 0.5) is 0 Å². The number of fused-ring (bicyclic) bond motifs is 1. The Morgan fingerprint density at radius 1 is 1.08 bits per heavy atom. The fourth-order valence-electron chi connectivity index (χ4n) is 4.46. The van der Waals surface area contributed by atoms with E-state index >= 15 is 0 Å². The van der Waals surface area contributed by atoms with E-state index in [1.165, 1.54) is 14.2 Å². The molecular formula is C27H34N2O8. The number of methoxy groups -OCH3 is 2. The lowest BCUT2D eigenvalue weighted by Crippen LogP contribution is -2.30. The Hall–Kier alpha value is -3.87. The van der Waals surface area contributed by atoms with Gasteiger partial charge in [-0.15, -0.1) is 0 Å².